The summed E-state index contributed by atoms with van der Waals surface area (Å²) in [5, 5.41) is 9.58. The Labute approximate surface area is 128 Å². The lowest BCUT2D eigenvalue weighted by Gasteiger charge is -2.51. The van der Waals surface area contributed by atoms with Crippen LogP contribution in [0.25, 0.3) is 0 Å². The number of rotatable bonds is 2. The van der Waals surface area contributed by atoms with Gasteiger partial charge in [0.15, 0.2) is 5.72 Å². The van der Waals surface area contributed by atoms with Gasteiger partial charge in [0, 0.05) is 36.7 Å². The van der Waals surface area contributed by atoms with Crippen LogP contribution in [0.15, 0.2) is 6.20 Å². The zero-order valence-corrected chi connectivity index (χ0v) is 12.8. The number of nitrogens with zero attached hydrogens (tertiary/aromatic N) is 2. The van der Waals surface area contributed by atoms with E-state index in [2.05, 4.69) is 4.98 Å². The number of amides is 2. The molecular weight excluding hydrogens is 286 g/mol. The number of fused-ring (bicyclic) bond motifs is 4. The molecule has 3 atom stereocenters. The van der Waals surface area contributed by atoms with Crippen molar-refractivity contribution in [2.45, 2.75) is 38.5 Å². The van der Waals surface area contributed by atoms with Crippen LogP contribution >= 0.6 is 0 Å². The lowest BCUT2D eigenvalue weighted by atomic mass is 9.72. The summed E-state index contributed by atoms with van der Waals surface area (Å²) < 4.78 is 6.05. The number of aryl methyl sites for hydroxylation is 1. The number of hydrogen-bond acceptors (Lipinski definition) is 5. The lowest BCUT2D eigenvalue weighted by Crippen LogP contribution is -2.63. The van der Waals surface area contributed by atoms with Crippen molar-refractivity contribution in [3.8, 4) is 5.75 Å². The van der Waals surface area contributed by atoms with Crippen LogP contribution in [-0.4, -0.2) is 39.6 Å². The Hall–Kier alpha value is -2.15. The van der Waals surface area contributed by atoms with Gasteiger partial charge in [0.05, 0.1) is 12.3 Å². The van der Waals surface area contributed by atoms with Crippen LogP contribution in [0.3, 0.4) is 0 Å². The highest BCUT2D eigenvalue weighted by Gasteiger charge is 2.55. The summed E-state index contributed by atoms with van der Waals surface area (Å²) in [7, 11) is 1.61. The van der Waals surface area contributed by atoms with Gasteiger partial charge in [-0.3, -0.25) is 14.6 Å². The average Bonchev–Trinajstić information content (AvgIpc) is 2.46. The zero-order chi connectivity index (χ0) is 16.2. The van der Waals surface area contributed by atoms with Crippen molar-refractivity contribution in [1.82, 2.24) is 9.88 Å². The molecule has 0 aliphatic carbocycles. The van der Waals surface area contributed by atoms with Crippen LogP contribution in [0.4, 0.5) is 0 Å². The van der Waals surface area contributed by atoms with Crippen molar-refractivity contribution in [3.05, 3.63) is 23.0 Å². The van der Waals surface area contributed by atoms with Crippen molar-refractivity contribution in [2.75, 3.05) is 7.05 Å². The molecule has 3 N–H and O–H groups in total. The summed E-state index contributed by atoms with van der Waals surface area (Å²) in [6.45, 7) is 3.37. The first-order valence-electron chi connectivity index (χ1n) is 7.15. The van der Waals surface area contributed by atoms with Crippen LogP contribution in [-0.2, 0) is 16.2 Å². The van der Waals surface area contributed by atoms with Gasteiger partial charge in [0.25, 0.3) is 0 Å². The van der Waals surface area contributed by atoms with E-state index in [9.17, 15) is 14.7 Å². The molecule has 22 heavy (non-hydrogen) atoms. The summed E-state index contributed by atoms with van der Waals surface area (Å²) in [6.07, 6.45) is 2.01. The highest BCUT2D eigenvalue weighted by molar-refractivity contribution is 6.01. The van der Waals surface area contributed by atoms with Crippen LogP contribution in [0.1, 0.15) is 36.1 Å². The van der Waals surface area contributed by atoms with Gasteiger partial charge < -0.3 is 20.5 Å². The SMILES string of the molecule is Cc1ncc(CO)c2c1O[C@@]1(C)C[C@@H]2[C@H](C(N)=O)C(=O)N1C. The quantitative estimate of drug-likeness (QED) is 0.750. The Morgan fingerprint density at radius 2 is 2.32 bits per heavy atom. The number of carbonyl (C=O) groups excluding carboxylic acids is 2. The van der Waals surface area contributed by atoms with E-state index in [1.807, 2.05) is 6.92 Å². The van der Waals surface area contributed by atoms with Gasteiger partial charge in [-0.15, -0.1) is 0 Å². The highest BCUT2D eigenvalue weighted by atomic mass is 16.5. The first kappa shape index (κ1) is 14.8. The molecule has 1 aromatic heterocycles. The molecule has 3 rings (SSSR count). The zero-order valence-electron chi connectivity index (χ0n) is 12.8. The Balaban J connectivity index is 2.27. The molecule has 118 valence electrons. The van der Waals surface area contributed by atoms with Crippen LogP contribution < -0.4 is 10.5 Å². The van der Waals surface area contributed by atoms with E-state index < -0.39 is 23.5 Å². The molecule has 1 fully saturated rings. The minimum absolute atomic E-state index is 0.234. The maximum atomic E-state index is 12.5. The Morgan fingerprint density at radius 1 is 1.64 bits per heavy atom. The molecule has 0 aromatic carbocycles. The minimum atomic E-state index is -0.951. The summed E-state index contributed by atoms with van der Waals surface area (Å²) in [4.78, 5) is 30.1. The van der Waals surface area contributed by atoms with E-state index in [4.69, 9.17) is 10.5 Å². The standard InChI is InChI=1S/C15H19N3O4/c1-7-12-10(8(6-19)5-17-7)9-4-15(2,22-12)18(3)14(21)11(9)13(16)20/h5,9,11,19H,4,6H2,1-3H3,(H2,16,20)/t9-,11+,15-/m0/s1. The number of pyridine rings is 1. The Kier molecular flexibility index (Phi) is 3.14. The molecule has 0 saturated carbocycles. The van der Waals surface area contributed by atoms with E-state index in [1.165, 1.54) is 4.90 Å². The summed E-state index contributed by atoms with van der Waals surface area (Å²) in [5.41, 5.74) is 6.54. The lowest BCUT2D eigenvalue weighted by molar-refractivity contribution is -0.171. The van der Waals surface area contributed by atoms with Crippen molar-refractivity contribution < 1.29 is 19.4 Å². The van der Waals surface area contributed by atoms with Crippen molar-refractivity contribution in [1.29, 1.82) is 0 Å². The van der Waals surface area contributed by atoms with Gasteiger partial charge in [0.2, 0.25) is 11.8 Å². The number of ether oxygens (including phenoxy) is 1. The molecule has 3 heterocycles. The molecule has 0 spiro atoms. The largest absolute Gasteiger partial charge is 0.466 e. The molecule has 1 aromatic rings. The molecule has 7 nitrogen and oxygen atoms in total. The fraction of sp³-hybridized carbons (Fsp3) is 0.533. The summed E-state index contributed by atoms with van der Waals surface area (Å²) >= 11 is 0. The molecule has 2 bridgehead atoms. The number of nitrogens with two attached hydrogens (primary N) is 1. The molecule has 2 aliphatic rings. The molecule has 1 saturated heterocycles. The van der Waals surface area contributed by atoms with E-state index in [0.717, 1.165) is 0 Å². The Bertz CT molecular complexity index is 675. The van der Waals surface area contributed by atoms with Crippen LogP contribution in [0.5, 0.6) is 5.75 Å². The summed E-state index contributed by atoms with van der Waals surface area (Å²) in [6, 6.07) is 0. The number of aliphatic hydroxyl groups is 1. The predicted molar refractivity (Wildman–Crippen MR) is 76.7 cm³/mol. The average molecular weight is 305 g/mol. The molecule has 0 unspecified atom stereocenters. The number of aromatic nitrogens is 1. The van der Waals surface area contributed by atoms with Crippen molar-refractivity contribution in [2.24, 2.45) is 11.7 Å². The van der Waals surface area contributed by atoms with Crippen molar-refractivity contribution in [3.63, 3.8) is 0 Å². The van der Waals surface area contributed by atoms with Crippen molar-refractivity contribution >= 4 is 11.8 Å². The highest BCUT2D eigenvalue weighted by Crippen LogP contribution is 2.51. The smallest absolute Gasteiger partial charge is 0.238 e. The van der Waals surface area contributed by atoms with Crippen LogP contribution in [0.2, 0.25) is 0 Å². The number of aliphatic hydroxyl groups excluding tert-OH is 1. The van der Waals surface area contributed by atoms with Gasteiger partial charge in [-0.05, 0) is 13.8 Å². The summed E-state index contributed by atoms with van der Waals surface area (Å²) in [5.74, 6) is -1.83. The number of primary amides is 1. The fourth-order valence-electron chi connectivity index (χ4n) is 3.50. The van der Waals surface area contributed by atoms with E-state index >= 15 is 0 Å². The number of likely N-dealkylation sites (tertiary alicyclic amines) is 1. The monoisotopic (exact) mass is 305 g/mol. The van der Waals surface area contributed by atoms with Gasteiger partial charge in [-0.1, -0.05) is 0 Å². The number of hydrogen-bond donors (Lipinski definition) is 2. The third-order valence-corrected chi connectivity index (χ3v) is 4.81. The maximum absolute atomic E-state index is 12.5. The van der Waals surface area contributed by atoms with Crippen LogP contribution in [0, 0.1) is 12.8 Å². The van der Waals surface area contributed by atoms with Gasteiger partial charge in [-0.25, -0.2) is 0 Å². The number of piperidine rings is 1. The molecule has 2 aliphatic heterocycles. The van der Waals surface area contributed by atoms with E-state index in [1.54, 1.807) is 20.2 Å². The molecule has 0 radical (unpaired) electrons. The van der Waals surface area contributed by atoms with E-state index in [-0.39, 0.29) is 12.5 Å². The third kappa shape index (κ3) is 1.81. The molecular formula is C15H19N3O4. The van der Waals surface area contributed by atoms with Gasteiger partial charge in [-0.2, -0.15) is 0 Å². The van der Waals surface area contributed by atoms with Gasteiger partial charge in [0.1, 0.15) is 11.7 Å². The molecule has 7 heteroatoms. The Morgan fingerprint density at radius 3 is 2.91 bits per heavy atom. The third-order valence-electron chi connectivity index (χ3n) is 4.81. The maximum Gasteiger partial charge on any atom is 0.238 e. The van der Waals surface area contributed by atoms with Gasteiger partial charge >= 0.3 is 0 Å². The number of carbonyl (C=O) groups is 2. The normalized spacial score (nSPS) is 29.8. The predicted octanol–water partition coefficient (Wildman–Crippen LogP) is 0.0381. The first-order valence-corrected chi connectivity index (χ1v) is 7.15. The molecule has 2 amide bonds. The first-order chi connectivity index (χ1) is 10.3. The second-order valence-corrected chi connectivity index (χ2v) is 6.13. The second kappa shape index (κ2) is 4.67. The van der Waals surface area contributed by atoms with E-state index in [0.29, 0.717) is 29.0 Å². The topological polar surface area (TPSA) is 106 Å². The second-order valence-electron chi connectivity index (χ2n) is 6.13. The minimum Gasteiger partial charge on any atom is -0.466 e. The fourth-order valence-corrected chi connectivity index (χ4v) is 3.50.